The lowest BCUT2D eigenvalue weighted by atomic mass is 10.1. The third-order valence-electron chi connectivity index (χ3n) is 4.45. The van der Waals surface area contributed by atoms with E-state index in [0.29, 0.717) is 6.42 Å². The molecule has 1 unspecified atom stereocenters. The zero-order valence-corrected chi connectivity index (χ0v) is 19.1. The summed E-state index contributed by atoms with van der Waals surface area (Å²) in [5, 5.41) is 16.5. The van der Waals surface area contributed by atoms with Gasteiger partial charge in [-0.25, -0.2) is 0 Å². The van der Waals surface area contributed by atoms with E-state index in [9.17, 15) is 9.59 Å². The number of unbranched alkanes of at least 4 members (excludes halogenated alkanes) is 11. The predicted molar refractivity (Wildman–Crippen MR) is 121 cm³/mol. The normalized spacial score (nSPS) is 11.8. The number of allylic oxidation sites excluding steroid dienone is 2. The molecule has 0 aromatic heterocycles. The van der Waals surface area contributed by atoms with Gasteiger partial charge >= 0.3 is 5.97 Å². The van der Waals surface area contributed by atoms with Crippen LogP contribution in [0.1, 0.15) is 104 Å². The largest absolute Gasteiger partial charge is 0.480 e. The van der Waals surface area contributed by atoms with Gasteiger partial charge in [0.25, 0.3) is 0 Å². The highest BCUT2D eigenvalue weighted by atomic mass is 16.4. The number of amides is 1. The van der Waals surface area contributed by atoms with Crippen LogP contribution in [0.5, 0.6) is 0 Å². The average Bonchev–Trinajstić information content (AvgIpc) is 2.63. The van der Waals surface area contributed by atoms with E-state index >= 15 is 0 Å². The fourth-order valence-electron chi connectivity index (χ4n) is 2.83. The molecule has 0 radical (unpaired) electrons. The monoisotopic (exact) mass is 414 g/mol. The zero-order valence-electron chi connectivity index (χ0n) is 19.1. The zero-order chi connectivity index (χ0) is 22.3. The third kappa shape index (κ3) is 28.9. The van der Waals surface area contributed by atoms with Crippen LogP contribution in [0.4, 0.5) is 0 Å². The number of nitrogens with two attached hydrogens (primary N) is 1. The summed E-state index contributed by atoms with van der Waals surface area (Å²) in [7, 11) is 1.55. The summed E-state index contributed by atoms with van der Waals surface area (Å²) in [5.41, 5.74) is 4.67. The van der Waals surface area contributed by atoms with Crippen LogP contribution < -0.4 is 5.73 Å². The highest BCUT2D eigenvalue weighted by Crippen LogP contribution is 2.10. The van der Waals surface area contributed by atoms with Gasteiger partial charge in [-0.15, -0.1) is 0 Å². The summed E-state index contributed by atoms with van der Waals surface area (Å²) in [6, 6.07) is 0. The Labute approximate surface area is 178 Å². The molecule has 0 heterocycles. The number of aliphatic carboxylic acids is 1. The molecule has 4 N–H and O–H groups in total. The molecule has 0 saturated heterocycles. The van der Waals surface area contributed by atoms with Crippen molar-refractivity contribution >= 4 is 11.9 Å². The molecule has 0 bridgehead atoms. The number of carbonyl (C=O) groups is 2. The number of nitrogens with zero attached hydrogens (tertiary/aromatic N) is 1. The minimum atomic E-state index is -0.958. The lowest BCUT2D eigenvalue weighted by molar-refractivity contribution is -0.143. The fraction of sp³-hybridized carbons (Fsp3) is 0.826. The first-order valence-electron chi connectivity index (χ1n) is 11.4. The molecular formula is C23H46N2O4. The molecule has 0 aromatic carbocycles. The minimum absolute atomic E-state index is 0.0694. The van der Waals surface area contributed by atoms with Crippen molar-refractivity contribution in [1.82, 2.24) is 4.90 Å². The summed E-state index contributed by atoms with van der Waals surface area (Å²) < 4.78 is 0. The molecule has 0 rings (SSSR count). The number of rotatable bonds is 17. The Hall–Kier alpha value is -1.40. The number of carboxylic acids is 1. The molecule has 172 valence electrons. The predicted octanol–water partition coefficient (Wildman–Crippen LogP) is 4.85. The molecule has 0 saturated carbocycles. The average molecular weight is 415 g/mol. The van der Waals surface area contributed by atoms with Gasteiger partial charge in [-0.1, -0.05) is 70.4 Å². The number of aliphatic hydroxyl groups excluding tert-OH is 1. The first-order chi connectivity index (χ1) is 13.8. The van der Waals surface area contributed by atoms with E-state index in [4.69, 9.17) is 10.2 Å². The minimum Gasteiger partial charge on any atom is -0.480 e. The summed E-state index contributed by atoms with van der Waals surface area (Å²) in [6.07, 6.45) is 20.5. The maximum absolute atomic E-state index is 11.7. The molecule has 29 heavy (non-hydrogen) atoms. The molecule has 0 aromatic rings. The number of carboxylic acid groups (broad SMARTS) is 1. The summed E-state index contributed by atoms with van der Waals surface area (Å²) in [5.74, 6) is -1.03. The molecule has 0 aliphatic rings. The summed E-state index contributed by atoms with van der Waals surface area (Å²) >= 11 is 0. The van der Waals surface area contributed by atoms with Crippen LogP contribution in [0, 0.1) is 0 Å². The van der Waals surface area contributed by atoms with Crippen molar-refractivity contribution in [1.29, 1.82) is 0 Å². The quantitative estimate of drug-likeness (QED) is 0.179. The Kier molecular flexibility index (Phi) is 23.5. The van der Waals surface area contributed by atoms with Crippen LogP contribution in [0.2, 0.25) is 0 Å². The van der Waals surface area contributed by atoms with Crippen LogP contribution >= 0.6 is 0 Å². The molecule has 6 heteroatoms. The Morgan fingerprint density at radius 2 is 1.31 bits per heavy atom. The van der Waals surface area contributed by atoms with Gasteiger partial charge in [0.15, 0.2) is 0 Å². The second kappa shape index (κ2) is 22.9. The van der Waals surface area contributed by atoms with Crippen molar-refractivity contribution in [2.45, 2.75) is 110 Å². The molecule has 0 aliphatic heterocycles. The molecule has 1 atom stereocenters. The molecule has 0 spiro atoms. The van der Waals surface area contributed by atoms with E-state index in [1.807, 2.05) is 0 Å². The maximum Gasteiger partial charge on any atom is 0.323 e. The van der Waals surface area contributed by atoms with E-state index in [0.717, 1.165) is 25.7 Å². The van der Waals surface area contributed by atoms with Crippen molar-refractivity contribution in [3.63, 3.8) is 0 Å². The first-order valence-corrected chi connectivity index (χ1v) is 11.4. The van der Waals surface area contributed by atoms with Gasteiger partial charge in [-0.05, 0) is 39.0 Å². The van der Waals surface area contributed by atoms with Crippen LogP contribution in [-0.2, 0) is 9.59 Å². The highest BCUT2D eigenvalue weighted by Gasteiger charge is 2.10. The molecule has 0 fully saturated rings. The second-order valence-electron chi connectivity index (χ2n) is 7.72. The van der Waals surface area contributed by atoms with E-state index in [-0.39, 0.29) is 12.5 Å². The molecule has 6 nitrogen and oxygen atoms in total. The number of carbonyl (C=O) groups excluding carboxylic acids is 1. The van der Waals surface area contributed by atoms with Crippen molar-refractivity contribution < 1.29 is 19.8 Å². The standard InChI is InChI=1S/C21H39NO3.C2H7NO/c1-3-4-5-6-7-8-9-10-11-12-13-14-15-16-17-18-20(23)22(2)19-21(24)25;1-2(3)4/h10-11H,3-9,12-19H2,1-2H3,(H,24,25);2,4H,3H2,1H3/b11-10-;. The summed E-state index contributed by atoms with van der Waals surface area (Å²) in [4.78, 5) is 23.5. The van der Waals surface area contributed by atoms with Gasteiger partial charge in [-0.3, -0.25) is 9.59 Å². The number of hydrogen-bond acceptors (Lipinski definition) is 4. The Balaban J connectivity index is 0. The van der Waals surface area contributed by atoms with Crippen LogP contribution in [0.25, 0.3) is 0 Å². The number of hydrogen-bond donors (Lipinski definition) is 3. The Bertz CT molecular complexity index is 409. The van der Waals surface area contributed by atoms with Crippen LogP contribution in [0.3, 0.4) is 0 Å². The van der Waals surface area contributed by atoms with E-state index in [1.165, 1.54) is 69.6 Å². The molecule has 0 aliphatic carbocycles. The number of likely N-dealkylation sites (N-methyl/N-ethyl adjacent to an activating group) is 1. The Morgan fingerprint density at radius 3 is 1.76 bits per heavy atom. The smallest absolute Gasteiger partial charge is 0.323 e. The lowest BCUT2D eigenvalue weighted by Crippen LogP contribution is -2.31. The fourth-order valence-corrected chi connectivity index (χ4v) is 2.83. The van der Waals surface area contributed by atoms with Gasteiger partial charge < -0.3 is 20.8 Å². The van der Waals surface area contributed by atoms with E-state index in [2.05, 4.69) is 24.8 Å². The maximum atomic E-state index is 11.7. The third-order valence-corrected chi connectivity index (χ3v) is 4.45. The van der Waals surface area contributed by atoms with Gasteiger partial charge in [0.2, 0.25) is 5.91 Å². The topological polar surface area (TPSA) is 104 Å². The Morgan fingerprint density at radius 1 is 0.897 bits per heavy atom. The van der Waals surface area contributed by atoms with Gasteiger partial charge in [0, 0.05) is 13.5 Å². The highest BCUT2D eigenvalue weighted by molar-refractivity contribution is 5.80. The van der Waals surface area contributed by atoms with E-state index < -0.39 is 12.2 Å². The van der Waals surface area contributed by atoms with Crippen molar-refractivity contribution in [3.8, 4) is 0 Å². The van der Waals surface area contributed by atoms with Crippen molar-refractivity contribution in [3.05, 3.63) is 12.2 Å². The van der Waals surface area contributed by atoms with Crippen molar-refractivity contribution in [2.24, 2.45) is 5.73 Å². The lowest BCUT2D eigenvalue weighted by Gasteiger charge is -2.14. The van der Waals surface area contributed by atoms with Gasteiger partial charge in [-0.2, -0.15) is 0 Å². The molecular weight excluding hydrogens is 368 g/mol. The molecule has 1 amide bonds. The first kappa shape index (κ1) is 29.8. The van der Waals surface area contributed by atoms with Gasteiger partial charge in [0.1, 0.15) is 6.54 Å². The van der Waals surface area contributed by atoms with Crippen molar-refractivity contribution in [2.75, 3.05) is 13.6 Å². The SMILES string of the molecule is CC(N)O.CCCCCCCC/C=C\CCCCCCCC(=O)N(C)CC(=O)O. The van der Waals surface area contributed by atoms with Crippen LogP contribution in [-0.4, -0.2) is 46.8 Å². The van der Waals surface area contributed by atoms with Gasteiger partial charge in [0.05, 0.1) is 6.23 Å². The van der Waals surface area contributed by atoms with Crippen LogP contribution in [0.15, 0.2) is 12.2 Å². The van der Waals surface area contributed by atoms with E-state index in [1.54, 1.807) is 7.05 Å². The summed E-state index contributed by atoms with van der Waals surface area (Å²) in [6.45, 7) is 3.55. The second-order valence-corrected chi connectivity index (χ2v) is 7.72. The number of aliphatic hydroxyl groups is 1.